The van der Waals surface area contributed by atoms with Crippen LogP contribution in [-0.2, 0) is 11.2 Å². The minimum absolute atomic E-state index is 0.0432. The molecule has 0 radical (unpaired) electrons. The molecule has 116 valence electrons. The molecular weight excluding hydrogens is 286 g/mol. The molecule has 0 atom stereocenters. The van der Waals surface area contributed by atoms with Gasteiger partial charge in [-0.3, -0.25) is 4.99 Å². The first-order valence-corrected chi connectivity index (χ1v) is 7.71. The van der Waals surface area contributed by atoms with Crippen LogP contribution in [-0.4, -0.2) is 43.7 Å². The molecule has 2 N–H and O–H groups in total. The summed E-state index contributed by atoms with van der Waals surface area (Å²) in [6, 6.07) is 7.99. The maximum Gasteiger partial charge on any atom is 0.191 e. The first-order chi connectivity index (χ1) is 9.96. The minimum Gasteiger partial charge on any atom is -0.378 e. The second-order valence-corrected chi connectivity index (χ2v) is 6.68. The molecule has 4 nitrogen and oxygen atoms in total. The summed E-state index contributed by atoms with van der Waals surface area (Å²) in [5.41, 5.74) is 7.34. The molecule has 1 aliphatic heterocycles. The van der Waals surface area contributed by atoms with E-state index >= 15 is 0 Å². The van der Waals surface area contributed by atoms with E-state index in [0.717, 1.165) is 37.7 Å². The zero-order valence-corrected chi connectivity index (χ0v) is 13.6. The van der Waals surface area contributed by atoms with E-state index in [0.29, 0.717) is 12.5 Å². The van der Waals surface area contributed by atoms with Crippen LogP contribution >= 0.6 is 11.6 Å². The Kier molecular flexibility index (Phi) is 5.48. The van der Waals surface area contributed by atoms with Crippen molar-refractivity contribution in [2.24, 2.45) is 16.1 Å². The maximum atomic E-state index is 6.07. The molecule has 1 aromatic carbocycles. The van der Waals surface area contributed by atoms with Gasteiger partial charge in [0.1, 0.15) is 0 Å². The number of morpholine rings is 1. The van der Waals surface area contributed by atoms with Crippen molar-refractivity contribution < 1.29 is 4.74 Å². The van der Waals surface area contributed by atoms with E-state index in [4.69, 9.17) is 22.1 Å². The quantitative estimate of drug-likeness (QED) is 0.687. The van der Waals surface area contributed by atoms with Crippen molar-refractivity contribution in [1.29, 1.82) is 0 Å². The smallest absolute Gasteiger partial charge is 0.191 e. The summed E-state index contributed by atoms with van der Waals surface area (Å²) in [5.74, 6) is 0.623. The first kappa shape index (κ1) is 16.1. The summed E-state index contributed by atoms with van der Waals surface area (Å²) in [7, 11) is 0. The number of halogens is 1. The van der Waals surface area contributed by atoms with Gasteiger partial charge >= 0.3 is 0 Å². The lowest BCUT2D eigenvalue weighted by Gasteiger charge is -2.29. The third kappa shape index (κ3) is 5.21. The highest BCUT2D eigenvalue weighted by Crippen LogP contribution is 2.24. The van der Waals surface area contributed by atoms with E-state index in [1.54, 1.807) is 0 Å². The van der Waals surface area contributed by atoms with Crippen molar-refractivity contribution in [1.82, 2.24) is 4.90 Å². The normalized spacial score (nSPS) is 17.1. The van der Waals surface area contributed by atoms with Gasteiger partial charge in [0.05, 0.1) is 13.2 Å². The van der Waals surface area contributed by atoms with Gasteiger partial charge in [-0.2, -0.15) is 0 Å². The van der Waals surface area contributed by atoms with Gasteiger partial charge in [-0.1, -0.05) is 37.6 Å². The number of hydrogen-bond acceptors (Lipinski definition) is 2. The fraction of sp³-hybridized carbons (Fsp3) is 0.562. The Morgan fingerprint density at radius 3 is 2.76 bits per heavy atom. The van der Waals surface area contributed by atoms with Gasteiger partial charge in [0.15, 0.2) is 5.96 Å². The molecule has 1 aromatic rings. The third-order valence-corrected chi connectivity index (χ3v) is 3.81. The molecule has 0 saturated carbocycles. The monoisotopic (exact) mass is 309 g/mol. The Labute approximate surface area is 131 Å². The van der Waals surface area contributed by atoms with E-state index in [-0.39, 0.29) is 5.41 Å². The lowest BCUT2D eigenvalue weighted by Crippen LogP contribution is -2.45. The number of rotatable bonds is 4. The molecule has 0 bridgehead atoms. The molecule has 0 spiro atoms. The maximum absolute atomic E-state index is 6.07. The van der Waals surface area contributed by atoms with Crippen molar-refractivity contribution in [3.63, 3.8) is 0 Å². The average Bonchev–Trinajstić information content (AvgIpc) is 2.45. The second-order valence-electron chi connectivity index (χ2n) is 6.24. The molecule has 1 fully saturated rings. The fourth-order valence-corrected chi connectivity index (χ4v) is 2.66. The van der Waals surface area contributed by atoms with Gasteiger partial charge < -0.3 is 15.4 Å². The standard InChI is InChI=1S/C16H24ClN3O/c1-16(2,11-13-4-3-5-14(17)10-13)12-19-15(18)20-6-8-21-9-7-20/h3-5,10H,6-9,11-12H2,1-2H3,(H2,18,19). The van der Waals surface area contributed by atoms with Crippen LogP contribution in [0.25, 0.3) is 0 Å². The topological polar surface area (TPSA) is 50.8 Å². The number of hydrogen-bond donors (Lipinski definition) is 1. The molecule has 2 rings (SSSR count). The highest BCUT2D eigenvalue weighted by Gasteiger charge is 2.20. The zero-order valence-electron chi connectivity index (χ0n) is 12.8. The fourth-order valence-electron chi connectivity index (χ4n) is 2.44. The molecule has 21 heavy (non-hydrogen) atoms. The van der Waals surface area contributed by atoms with Gasteiger partial charge in [-0.05, 0) is 29.5 Å². The van der Waals surface area contributed by atoms with E-state index in [1.165, 1.54) is 5.56 Å². The molecular formula is C16H24ClN3O. The summed E-state index contributed by atoms with van der Waals surface area (Å²) in [5, 5.41) is 0.777. The summed E-state index contributed by atoms with van der Waals surface area (Å²) >= 11 is 6.04. The number of guanidine groups is 1. The van der Waals surface area contributed by atoms with Crippen LogP contribution in [0.5, 0.6) is 0 Å². The van der Waals surface area contributed by atoms with Crippen LogP contribution in [0.2, 0.25) is 5.02 Å². The predicted molar refractivity (Wildman–Crippen MR) is 87.8 cm³/mol. The number of benzene rings is 1. The van der Waals surface area contributed by atoms with Crippen molar-refractivity contribution in [3.8, 4) is 0 Å². The number of nitrogens with zero attached hydrogens (tertiary/aromatic N) is 2. The highest BCUT2D eigenvalue weighted by atomic mass is 35.5. The van der Waals surface area contributed by atoms with Crippen molar-refractivity contribution in [2.75, 3.05) is 32.8 Å². The minimum atomic E-state index is 0.0432. The molecule has 1 heterocycles. The van der Waals surface area contributed by atoms with E-state index < -0.39 is 0 Å². The predicted octanol–water partition coefficient (Wildman–Crippen LogP) is 2.56. The lowest BCUT2D eigenvalue weighted by molar-refractivity contribution is 0.0673. The Morgan fingerprint density at radius 1 is 1.38 bits per heavy atom. The SMILES string of the molecule is CC(C)(CN=C(N)N1CCOCC1)Cc1cccc(Cl)c1. The summed E-state index contributed by atoms with van der Waals surface area (Å²) < 4.78 is 5.32. The van der Waals surface area contributed by atoms with E-state index in [2.05, 4.69) is 29.8 Å². The Hall–Kier alpha value is -1.26. The summed E-state index contributed by atoms with van der Waals surface area (Å²) in [6.07, 6.45) is 0.924. The zero-order chi connectivity index (χ0) is 15.3. The van der Waals surface area contributed by atoms with Gasteiger partial charge in [0.25, 0.3) is 0 Å². The summed E-state index contributed by atoms with van der Waals surface area (Å²) in [4.78, 5) is 6.65. The molecule has 0 aliphatic carbocycles. The van der Waals surface area contributed by atoms with Gasteiger partial charge in [-0.15, -0.1) is 0 Å². The van der Waals surface area contributed by atoms with Gasteiger partial charge in [0, 0.05) is 24.7 Å². The molecule has 0 aromatic heterocycles. The van der Waals surface area contributed by atoms with Crippen molar-refractivity contribution >= 4 is 17.6 Å². The molecule has 1 aliphatic rings. The van der Waals surface area contributed by atoms with Crippen LogP contribution in [0, 0.1) is 5.41 Å². The molecule has 0 unspecified atom stereocenters. The average molecular weight is 310 g/mol. The Balaban J connectivity index is 1.93. The Bertz CT molecular complexity index is 496. The largest absolute Gasteiger partial charge is 0.378 e. The van der Waals surface area contributed by atoms with Crippen LogP contribution in [0.15, 0.2) is 29.3 Å². The van der Waals surface area contributed by atoms with Gasteiger partial charge in [-0.25, -0.2) is 0 Å². The number of nitrogens with two attached hydrogens (primary N) is 1. The van der Waals surface area contributed by atoms with Gasteiger partial charge in [0.2, 0.25) is 0 Å². The van der Waals surface area contributed by atoms with Crippen LogP contribution in [0.1, 0.15) is 19.4 Å². The molecule has 1 saturated heterocycles. The highest BCUT2D eigenvalue weighted by molar-refractivity contribution is 6.30. The van der Waals surface area contributed by atoms with Crippen molar-refractivity contribution in [3.05, 3.63) is 34.9 Å². The third-order valence-electron chi connectivity index (χ3n) is 3.58. The van der Waals surface area contributed by atoms with Crippen LogP contribution < -0.4 is 5.73 Å². The van der Waals surface area contributed by atoms with Crippen molar-refractivity contribution in [2.45, 2.75) is 20.3 Å². The second kappa shape index (κ2) is 7.14. The molecule has 5 heteroatoms. The Morgan fingerprint density at radius 2 is 2.10 bits per heavy atom. The van der Waals surface area contributed by atoms with E-state index in [9.17, 15) is 0 Å². The van der Waals surface area contributed by atoms with E-state index in [1.807, 2.05) is 18.2 Å². The molecule has 0 amide bonds. The first-order valence-electron chi connectivity index (χ1n) is 7.33. The summed E-state index contributed by atoms with van der Waals surface area (Å²) in [6.45, 7) is 8.19. The van der Waals surface area contributed by atoms with Crippen LogP contribution in [0.3, 0.4) is 0 Å². The lowest BCUT2D eigenvalue weighted by atomic mass is 9.86. The number of aliphatic imine (C=N–C) groups is 1. The van der Waals surface area contributed by atoms with Crippen LogP contribution in [0.4, 0.5) is 0 Å². The number of ether oxygens (including phenoxy) is 1.